The maximum atomic E-state index is 5.33. The predicted octanol–water partition coefficient (Wildman–Crippen LogP) is 1.74. The molecule has 3 heterocycles. The van der Waals surface area contributed by atoms with Crippen LogP contribution >= 0.6 is 0 Å². The lowest BCUT2D eigenvalue weighted by molar-refractivity contribution is 0.318. The lowest BCUT2D eigenvalue weighted by Crippen LogP contribution is -2.34. The number of nitrogens with one attached hydrogen (secondary N) is 1. The van der Waals surface area contributed by atoms with E-state index in [0.29, 0.717) is 12.1 Å². The average Bonchev–Trinajstić information content (AvgIpc) is 2.95. The second kappa shape index (κ2) is 4.53. The second-order valence-electron chi connectivity index (χ2n) is 4.84. The van der Waals surface area contributed by atoms with E-state index in [2.05, 4.69) is 15.2 Å². The molecule has 2 fully saturated rings. The first-order valence-electron chi connectivity index (χ1n) is 6.38. The van der Waals surface area contributed by atoms with Crippen molar-refractivity contribution in [2.75, 3.05) is 25.5 Å². The fourth-order valence-electron chi connectivity index (χ4n) is 3.09. The minimum absolute atomic E-state index is 0.529. The first kappa shape index (κ1) is 10.8. The Morgan fingerprint density at radius 3 is 3.24 bits per heavy atom. The van der Waals surface area contributed by atoms with E-state index in [0.717, 1.165) is 11.6 Å². The van der Waals surface area contributed by atoms with Gasteiger partial charge in [-0.25, -0.2) is 4.98 Å². The Labute approximate surface area is 102 Å². The average molecular weight is 233 g/mol. The Kier molecular flexibility index (Phi) is 2.89. The fraction of sp³-hybridized carbons (Fsp3) is 0.615. The van der Waals surface area contributed by atoms with Gasteiger partial charge in [-0.15, -0.1) is 0 Å². The third-order valence-electron chi connectivity index (χ3n) is 3.92. The fourth-order valence-corrected chi connectivity index (χ4v) is 3.09. The molecule has 17 heavy (non-hydrogen) atoms. The Hall–Kier alpha value is -1.29. The summed E-state index contributed by atoms with van der Waals surface area (Å²) in [5, 5.41) is 3.55. The van der Waals surface area contributed by atoms with Crippen molar-refractivity contribution in [2.24, 2.45) is 0 Å². The molecule has 2 aliphatic heterocycles. The topological polar surface area (TPSA) is 37.4 Å². The Morgan fingerprint density at radius 1 is 1.41 bits per heavy atom. The molecule has 0 aliphatic carbocycles. The van der Waals surface area contributed by atoms with E-state index in [1.165, 1.54) is 32.4 Å². The first-order chi connectivity index (χ1) is 8.38. The molecule has 92 valence electrons. The molecule has 2 saturated heterocycles. The van der Waals surface area contributed by atoms with E-state index in [9.17, 15) is 0 Å². The Balaban J connectivity index is 1.74. The highest BCUT2D eigenvalue weighted by molar-refractivity contribution is 5.50. The van der Waals surface area contributed by atoms with Crippen LogP contribution in [0.1, 0.15) is 19.3 Å². The third-order valence-corrected chi connectivity index (χ3v) is 3.92. The van der Waals surface area contributed by atoms with Crippen molar-refractivity contribution in [3.05, 3.63) is 18.3 Å². The summed E-state index contributed by atoms with van der Waals surface area (Å²) in [5.41, 5.74) is 0. The number of aromatic nitrogens is 1. The number of pyridine rings is 1. The van der Waals surface area contributed by atoms with Gasteiger partial charge < -0.3 is 10.1 Å². The summed E-state index contributed by atoms with van der Waals surface area (Å²) in [5.74, 6) is 1.72. The molecular weight excluding hydrogens is 214 g/mol. The summed E-state index contributed by atoms with van der Waals surface area (Å²) < 4.78 is 5.33. The van der Waals surface area contributed by atoms with Crippen molar-refractivity contribution < 1.29 is 4.74 Å². The maximum Gasteiger partial charge on any atom is 0.169 e. The van der Waals surface area contributed by atoms with Crippen molar-refractivity contribution in [2.45, 2.75) is 31.3 Å². The molecule has 0 radical (unpaired) electrons. The van der Waals surface area contributed by atoms with E-state index in [1.54, 1.807) is 7.11 Å². The predicted molar refractivity (Wildman–Crippen MR) is 67.4 cm³/mol. The zero-order chi connectivity index (χ0) is 11.7. The number of rotatable bonds is 3. The molecule has 4 nitrogen and oxygen atoms in total. The van der Waals surface area contributed by atoms with Gasteiger partial charge in [0.2, 0.25) is 0 Å². The standard InChI is InChI=1S/C13H19N3O/c1-17-12-5-2-7-14-13(12)15-10-6-9-16-8-3-4-11(10)16/h2,5,7,10-11H,3-4,6,8-9H2,1H3,(H,14,15). The van der Waals surface area contributed by atoms with Crippen LogP contribution in [0.3, 0.4) is 0 Å². The molecule has 2 unspecified atom stereocenters. The highest BCUT2D eigenvalue weighted by atomic mass is 16.5. The van der Waals surface area contributed by atoms with Gasteiger partial charge >= 0.3 is 0 Å². The summed E-state index contributed by atoms with van der Waals surface area (Å²) in [6.07, 6.45) is 5.67. The minimum Gasteiger partial charge on any atom is -0.493 e. The number of hydrogen-bond donors (Lipinski definition) is 1. The SMILES string of the molecule is COc1cccnc1NC1CCN2CCCC12. The second-order valence-corrected chi connectivity index (χ2v) is 4.84. The van der Waals surface area contributed by atoms with Crippen LogP contribution in [-0.2, 0) is 0 Å². The molecule has 4 heteroatoms. The van der Waals surface area contributed by atoms with Crippen molar-refractivity contribution in [1.29, 1.82) is 0 Å². The lowest BCUT2D eigenvalue weighted by Gasteiger charge is -2.22. The number of methoxy groups -OCH3 is 1. The third kappa shape index (κ3) is 1.97. The number of fused-ring (bicyclic) bond motifs is 1. The molecule has 3 rings (SSSR count). The minimum atomic E-state index is 0.529. The molecule has 0 amide bonds. The molecule has 0 spiro atoms. The first-order valence-corrected chi connectivity index (χ1v) is 6.38. The normalized spacial score (nSPS) is 28.1. The lowest BCUT2D eigenvalue weighted by atomic mass is 10.1. The molecule has 1 aromatic heterocycles. The number of nitrogens with zero attached hydrogens (tertiary/aromatic N) is 2. The van der Waals surface area contributed by atoms with Crippen LogP contribution < -0.4 is 10.1 Å². The van der Waals surface area contributed by atoms with Gasteiger partial charge in [-0.3, -0.25) is 4.90 Å². The van der Waals surface area contributed by atoms with Gasteiger partial charge in [0, 0.05) is 24.8 Å². The smallest absolute Gasteiger partial charge is 0.169 e. The number of anilines is 1. The van der Waals surface area contributed by atoms with Crippen molar-refractivity contribution >= 4 is 5.82 Å². The van der Waals surface area contributed by atoms with E-state index in [4.69, 9.17) is 4.74 Å². The molecule has 2 aliphatic rings. The number of hydrogen-bond acceptors (Lipinski definition) is 4. The molecular formula is C13H19N3O. The summed E-state index contributed by atoms with van der Waals surface area (Å²) in [6.45, 7) is 2.49. The van der Waals surface area contributed by atoms with Gasteiger partial charge in [0.15, 0.2) is 11.6 Å². The van der Waals surface area contributed by atoms with Crippen LogP contribution in [0.15, 0.2) is 18.3 Å². The molecule has 2 atom stereocenters. The van der Waals surface area contributed by atoms with Crippen LogP contribution in [0.2, 0.25) is 0 Å². The number of ether oxygens (including phenoxy) is 1. The van der Waals surface area contributed by atoms with Crippen LogP contribution in [-0.4, -0.2) is 42.2 Å². The molecule has 0 aromatic carbocycles. The molecule has 1 aromatic rings. The van der Waals surface area contributed by atoms with Crippen molar-refractivity contribution in [3.63, 3.8) is 0 Å². The molecule has 1 N–H and O–H groups in total. The van der Waals surface area contributed by atoms with Crippen molar-refractivity contribution in [3.8, 4) is 5.75 Å². The van der Waals surface area contributed by atoms with Crippen molar-refractivity contribution in [1.82, 2.24) is 9.88 Å². The van der Waals surface area contributed by atoms with Gasteiger partial charge in [-0.2, -0.15) is 0 Å². The van der Waals surface area contributed by atoms with Gasteiger partial charge in [0.05, 0.1) is 7.11 Å². The Bertz CT molecular complexity index is 396. The van der Waals surface area contributed by atoms with E-state index < -0.39 is 0 Å². The molecule has 0 bridgehead atoms. The zero-order valence-electron chi connectivity index (χ0n) is 10.2. The van der Waals surface area contributed by atoms with Gasteiger partial charge in [0.1, 0.15) is 0 Å². The summed E-state index contributed by atoms with van der Waals surface area (Å²) in [4.78, 5) is 6.96. The van der Waals surface area contributed by atoms with Crippen LogP contribution in [0.25, 0.3) is 0 Å². The maximum absolute atomic E-state index is 5.33. The summed E-state index contributed by atoms with van der Waals surface area (Å²) in [6, 6.07) is 5.08. The quantitative estimate of drug-likeness (QED) is 0.863. The highest BCUT2D eigenvalue weighted by Gasteiger charge is 2.37. The van der Waals surface area contributed by atoms with E-state index in [-0.39, 0.29) is 0 Å². The van der Waals surface area contributed by atoms with Gasteiger partial charge in [-0.05, 0) is 37.9 Å². The summed E-state index contributed by atoms with van der Waals surface area (Å²) in [7, 11) is 1.69. The van der Waals surface area contributed by atoms with Gasteiger partial charge in [0.25, 0.3) is 0 Å². The van der Waals surface area contributed by atoms with Gasteiger partial charge in [-0.1, -0.05) is 0 Å². The van der Waals surface area contributed by atoms with E-state index >= 15 is 0 Å². The zero-order valence-corrected chi connectivity index (χ0v) is 10.2. The summed E-state index contributed by atoms with van der Waals surface area (Å²) >= 11 is 0. The Morgan fingerprint density at radius 2 is 2.35 bits per heavy atom. The van der Waals surface area contributed by atoms with Crippen LogP contribution in [0.4, 0.5) is 5.82 Å². The van der Waals surface area contributed by atoms with E-state index in [1.807, 2.05) is 18.3 Å². The van der Waals surface area contributed by atoms with Crippen LogP contribution in [0, 0.1) is 0 Å². The largest absolute Gasteiger partial charge is 0.493 e. The van der Waals surface area contributed by atoms with Crippen LogP contribution in [0.5, 0.6) is 5.75 Å². The molecule has 0 saturated carbocycles. The highest BCUT2D eigenvalue weighted by Crippen LogP contribution is 2.31. The monoisotopic (exact) mass is 233 g/mol.